The monoisotopic (exact) mass is 463 g/mol. The van der Waals surface area contributed by atoms with Crippen molar-refractivity contribution in [2.75, 3.05) is 5.32 Å². The number of para-hydroxylation sites is 1. The van der Waals surface area contributed by atoms with Crippen LogP contribution in [0, 0.1) is 0 Å². The molecule has 0 aliphatic carbocycles. The molecule has 8 heteroatoms. The second-order valence-electron chi connectivity index (χ2n) is 8.03. The molecule has 34 heavy (non-hydrogen) atoms. The number of hydrogen-bond donors (Lipinski definition) is 3. The van der Waals surface area contributed by atoms with Crippen LogP contribution in [-0.2, 0) is 0 Å². The minimum Gasteiger partial charge on any atom is -0.358 e. The number of aromatic nitrogens is 6. The topological polar surface area (TPSA) is 95.2 Å². The lowest BCUT2D eigenvalue weighted by Crippen LogP contribution is -1.97. The summed E-state index contributed by atoms with van der Waals surface area (Å²) in [5.74, 6) is 0.717. The molecule has 6 rings (SSSR count). The molecule has 166 valence electrons. The van der Waals surface area contributed by atoms with Gasteiger partial charge in [-0.2, -0.15) is 16.4 Å². The Morgan fingerprint density at radius 1 is 1.09 bits per heavy atom. The lowest BCUT2D eigenvalue weighted by atomic mass is 10.1. The summed E-state index contributed by atoms with van der Waals surface area (Å²) in [4.78, 5) is 17.4. The van der Waals surface area contributed by atoms with E-state index in [2.05, 4.69) is 66.9 Å². The van der Waals surface area contributed by atoms with Crippen molar-refractivity contribution in [3.05, 3.63) is 78.0 Å². The summed E-state index contributed by atoms with van der Waals surface area (Å²) in [5, 5.41) is 16.1. The highest BCUT2D eigenvalue weighted by Gasteiger charge is 2.16. The van der Waals surface area contributed by atoms with E-state index in [1.807, 2.05) is 30.5 Å². The molecule has 0 aliphatic rings. The van der Waals surface area contributed by atoms with Gasteiger partial charge in [0.15, 0.2) is 5.82 Å². The van der Waals surface area contributed by atoms with Crippen LogP contribution in [0.15, 0.2) is 78.0 Å². The zero-order valence-corrected chi connectivity index (χ0v) is 19.3. The molecule has 0 atom stereocenters. The van der Waals surface area contributed by atoms with E-state index in [0.717, 1.165) is 62.3 Å². The summed E-state index contributed by atoms with van der Waals surface area (Å²) in [6, 6.07) is 12.3. The van der Waals surface area contributed by atoms with Crippen LogP contribution in [0.2, 0.25) is 0 Å². The Balaban J connectivity index is 1.43. The Morgan fingerprint density at radius 2 is 2.03 bits per heavy atom. The predicted octanol–water partition coefficient (Wildman–Crippen LogP) is 6.63. The molecule has 0 fully saturated rings. The lowest BCUT2D eigenvalue weighted by molar-refractivity contribution is 1.10. The van der Waals surface area contributed by atoms with Crippen LogP contribution < -0.4 is 5.32 Å². The molecular formula is C26H21N7S. The first-order chi connectivity index (χ1) is 16.7. The number of thiophene rings is 1. The molecule has 0 saturated heterocycles. The third-order valence-electron chi connectivity index (χ3n) is 5.80. The number of anilines is 1. The SMILES string of the molecule is C=C(CC)Nc1cncc(-c2cc3c(-c4nc5c(-c6ccsc6)cccc5[nH]4)n[nH]c3cn2)c1. The molecular weight excluding hydrogens is 442 g/mol. The number of nitrogens with one attached hydrogen (secondary N) is 3. The van der Waals surface area contributed by atoms with Gasteiger partial charge in [0.25, 0.3) is 0 Å². The number of H-pyrrole nitrogens is 2. The summed E-state index contributed by atoms with van der Waals surface area (Å²) >= 11 is 1.68. The van der Waals surface area contributed by atoms with E-state index in [1.54, 1.807) is 23.7 Å². The van der Waals surface area contributed by atoms with E-state index in [1.165, 1.54) is 5.56 Å². The Morgan fingerprint density at radius 3 is 2.88 bits per heavy atom. The van der Waals surface area contributed by atoms with Crippen LogP contribution >= 0.6 is 11.3 Å². The van der Waals surface area contributed by atoms with Gasteiger partial charge in [0.05, 0.1) is 40.3 Å². The van der Waals surface area contributed by atoms with Crippen LogP contribution in [0.4, 0.5) is 5.69 Å². The minimum atomic E-state index is 0.717. The lowest BCUT2D eigenvalue weighted by Gasteiger charge is -2.08. The molecule has 5 aromatic heterocycles. The van der Waals surface area contributed by atoms with Gasteiger partial charge in [0, 0.05) is 28.4 Å². The van der Waals surface area contributed by atoms with Crippen LogP contribution in [-0.4, -0.2) is 30.1 Å². The van der Waals surface area contributed by atoms with Crippen molar-refractivity contribution < 1.29 is 0 Å². The zero-order valence-electron chi connectivity index (χ0n) is 18.5. The Labute approximate surface area is 199 Å². The van der Waals surface area contributed by atoms with Crippen molar-refractivity contribution in [2.45, 2.75) is 13.3 Å². The fourth-order valence-corrected chi connectivity index (χ4v) is 4.65. The molecule has 3 N–H and O–H groups in total. The number of pyridine rings is 2. The van der Waals surface area contributed by atoms with E-state index in [-0.39, 0.29) is 0 Å². The first kappa shape index (κ1) is 20.3. The van der Waals surface area contributed by atoms with Crippen molar-refractivity contribution in [3.8, 4) is 33.9 Å². The fraction of sp³-hybridized carbons (Fsp3) is 0.0769. The number of nitrogens with zero attached hydrogens (tertiary/aromatic N) is 4. The van der Waals surface area contributed by atoms with E-state index >= 15 is 0 Å². The van der Waals surface area contributed by atoms with Gasteiger partial charge in [-0.1, -0.05) is 25.6 Å². The van der Waals surface area contributed by atoms with Gasteiger partial charge in [-0.05, 0) is 47.0 Å². The highest BCUT2D eigenvalue weighted by molar-refractivity contribution is 7.08. The molecule has 0 spiro atoms. The van der Waals surface area contributed by atoms with Crippen LogP contribution in [0.5, 0.6) is 0 Å². The maximum absolute atomic E-state index is 4.93. The maximum Gasteiger partial charge on any atom is 0.159 e. The third-order valence-corrected chi connectivity index (χ3v) is 6.48. The first-order valence-corrected chi connectivity index (χ1v) is 11.9. The predicted molar refractivity (Wildman–Crippen MR) is 139 cm³/mol. The molecule has 5 heterocycles. The summed E-state index contributed by atoms with van der Waals surface area (Å²) < 4.78 is 0. The summed E-state index contributed by atoms with van der Waals surface area (Å²) in [6.07, 6.45) is 6.23. The Bertz CT molecular complexity index is 1640. The van der Waals surface area contributed by atoms with Gasteiger partial charge in [-0.15, -0.1) is 0 Å². The third kappa shape index (κ3) is 3.54. The van der Waals surface area contributed by atoms with Crippen LogP contribution in [0.3, 0.4) is 0 Å². The maximum atomic E-state index is 4.93. The van der Waals surface area contributed by atoms with E-state index in [4.69, 9.17) is 4.98 Å². The highest BCUT2D eigenvalue weighted by Crippen LogP contribution is 2.33. The van der Waals surface area contributed by atoms with E-state index in [0.29, 0.717) is 5.82 Å². The van der Waals surface area contributed by atoms with Gasteiger partial charge in [-0.25, -0.2) is 4.98 Å². The normalized spacial score (nSPS) is 11.3. The van der Waals surface area contributed by atoms with Crippen molar-refractivity contribution >= 4 is 39.0 Å². The number of hydrogen-bond acceptors (Lipinski definition) is 6. The van der Waals surface area contributed by atoms with Crippen molar-refractivity contribution in [1.29, 1.82) is 0 Å². The van der Waals surface area contributed by atoms with Gasteiger partial charge in [0.2, 0.25) is 0 Å². The molecule has 0 saturated carbocycles. The molecule has 0 amide bonds. The fourth-order valence-electron chi connectivity index (χ4n) is 3.99. The highest BCUT2D eigenvalue weighted by atomic mass is 32.1. The second kappa shape index (κ2) is 8.24. The first-order valence-electron chi connectivity index (χ1n) is 11.0. The summed E-state index contributed by atoms with van der Waals surface area (Å²) in [7, 11) is 0. The number of rotatable bonds is 6. The average Bonchev–Trinajstić information content (AvgIpc) is 3.62. The molecule has 6 aromatic rings. The Kier molecular flexibility index (Phi) is 4.92. The molecule has 7 nitrogen and oxygen atoms in total. The Hall–Kier alpha value is -4.30. The van der Waals surface area contributed by atoms with Gasteiger partial charge in [0.1, 0.15) is 5.69 Å². The summed E-state index contributed by atoms with van der Waals surface area (Å²) in [5.41, 5.74) is 9.32. The van der Waals surface area contributed by atoms with E-state index < -0.39 is 0 Å². The van der Waals surface area contributed by atoms with Crippen molar-refractivity contribution in [3.63, 3.8) is 0 Å². The van der Waals surface area contributed by atoms with Crippen LogP contribution in [0.25, 0.3) is 55.8 Å². The number of fused-ring (bicyclic) bond motifs is 2. The van der Waals surface area contributed by atoms with E-state index in [9.17, 15) is 0 Å². The molecule has 0 aliphatic heterocycles. The summed E-state index contributed by atoms with van der Waals surface area (Å²) in [6.45, 7) is 6.07. The second-order valence-corrected chi connectivity index (χ2v) is 8.81. The molecule has 0 bridgehead atoms. The quantitative estimate of drug-likeness (QED) is 0.258. The number of allylic oxidation sites excluding steroid dienone is 1. The number of benzene rings is 1. The number of aromatic amines is 2. The minimum absolute atomic E-state index is 0.717. The molecule has 0 unspecified atom stereocenters. The van der Waals surface area contributed by atoms with Crippen LogP contribution in [0.1, 0.15) is 13.3 Å². The smallest absolute Gasteiger partial charge is 0.159 e. The number of imidazole rings is 1. The van der Waals surface area contributed by atoms with Gasteiger partial charge >= 0.3 is 0 Å². The molecule has 0 radical (unpaired) electrons. The average molecular weight is 464 g/mol. The van der Waals surface area contributed by atoms with Gasteiger partial charge in [-0.3, -0.25) is 15.1 Å². The standard InChI is InChI=1S/C26H21N7S/c1-3-15(2)29-18-9-17(11-27-12-18)22-10-20-23(13-28-22)32-33-25(20)26-30-21-6-4-5-19(24(21)31-26)16-7-8-34-14-16/h4-14,29H,2-3H2,1H3,(H,30,31)(H,32,33). The largest absolute Gasteiger partial charge is 0.358 e. The van der Waals surface area contributed by atoms with Crippen molar-refractivity contribution in [1.82, 2.24) is 30.1 Å². The zero-order chi connectivity index (χ0) is 23.1. The van der Waals surface area contributed by atoms with Gasteiger partial charge < -0.3 is 10.3 Å². The molecule has 1 aromatic carbocycles. The van der Waals surface area contributed by atoms with Crippen molar-refractivity contribution in [2.24, 2.45) is 0 Å².